The summed E-state index contributed by atoms with van der Waals surface area (Å²) in [5.41, 5.74) is 0. The standard InChI is InChI=1S/C14H29.ClH.Mg/c1-3-5-7-9-11-13-14-12-10-8-6-4-2;;/h1,3-14H2,2H3;1H;/q-1;;+2/p-1. The van der Waals surface area contributed by atoms with Crippen molar-refractivity contribution in [2.75, 3.05) is 0 Å². The van der Waals surface area contributed by atoms with Crippen LogP contribution in [0.1, 0.15) is 84.0 Å². The Bertz CT molecular complexity index is 84.7. The molecule has 0 unspecified atom stereocenters. The molecule has 0 radical (unpaired) electrons. The van der Waals surface area contributed by atoms with Crippen LogP contribution >= 0.6 is 0 Å². The van der Waals surface area contributed by atoms with Gasteiger partial charge in [0.25, 0.3) is 0 Å². The smallest absolute Gasteiger partial charge is 1.00 e. The zero-order valence-corrected chi connectivity index (χ0v) is 13.4. The Morgan fingerprint density at radius 2 is 0.938 bits per heavy atom. The summed E-state index contributed by atoms with van der Waals surface area (Å²) in [7, 11) is 0. The van der Waals surface area contributed by atoms with Crippen molar-refractivity contribution in [2.45, 2.75) is 84.0 Å². The Kier molecular flexibility index (Phi) is 29.7. The zero-order valence-electron chi connectivity index (χ0n) is 11.3. The third-order valence-corrected chi connectivity index (χ3v) is 2.85. The van der Waals surface area contributed by atoms with Gasteiger partial charge in [-0.05, 0) is 0 Å². The Hall–Kier alpha value is 1.06. The van der Waals surface area contributed by atoms with Gasteiger partial charge in [-0.1, -0.05) is 77.6 Å². The van der Waals surface area contributed by atoms with Crippen LogP contribution in [-0.2, 0) is 0 Å². The summed E-state index contributed by atoms with van der Waals surface area (Å²) >= 11 is 0. The van der Waals surface area contributed by atoms with Crippen LogP contribution in [0.5, 0.6) is 0 Å². The molecule has 0 saturated heterocycles. The number of unbranched alkanes of at least 4 members (excludes halogenated alkanes) is 11. The molecule has 0 aliphatic carbocycles. The maximum Gasteiger partial charge on any atom is 2.00 e. The molecule has 0 heterocycles. The van der Waals surface area contributed by atoms with Crippen LogP contribution in [-0.4, -0.2) is 23.1 Å². The van der Waals surface area contributed by atoms with Crippen LogP contribution in [0.15, 0.2) is 0 Å². The van der Waals surface area contributed by atoms with E-state index in [0.717, 1.165) is 6.42 Å². The van der Waals surface area contributed by atoms with Crippen LogP contribution in [0.3, 0.4) is 0 Å². The molecule has 0 fully saturated rings. The van der Waals surface area contributed by atoms with E-state index in [0.29, 0.717) is 0 Å². The minimum absolute atomic E-state index is 0. The van der Waals surface area contributed by atoms with Gasteiger partial charge < -0.3 is 19.3 Å². The molecule has 94 valence electrons. The molecule has 0 rings (SSSR count). The predicted molar refractivity (Wildman–Crippen MR) is 72.2 cm³/mol. The van der Waals surface area contributed by atoms with Gasteiger partial charge in [0.05, 0.1) is 0 Å². The summed E-state index contributed by atoms with van der Waals surface area (Å²) in [5, 5.41) is 0. The Labute approximate surface area is 126 Å². The van der Waals surface area contributed by atoms with Gasteiger partial charge in [-0.15, -0.1) is 0 Å². The number of rotatable bonds is 11. The van der Waals surface area contributed by atoms with E-state index in [1.54, 1.807) is 0 Å². The average molecular weight is 257 g/mol. The van der Waals surface area contributed by atoms with Gasteiger partial charge in [0.1, 0.15) is 0 Å². The molecule has 0 atom stereocenters. The molecule has 2 heteroatoms. The van der Waals surface area contributed by atoms with Crippen molar-refractivity contribution in [3.05, 3.63) is 6.92 Å². The molecule has 0 aromatic rings. The third kappa shape index (κ3) is 20.5. The molecule has 0 saturated carbocycles. The summed E-state index contributed by atoms with van der Waals surface area (Å²) < 4.78 is 0. The second-order valence-electron chi connectivity index (χ2n) is 4.39. The van der Waals surface area contributed by atoms with Crippen LogP contribution in [0.2, 0.25) is 0 Å². The maximum absolute atomic E-state index is 3.86. The molecule has 0 aromatic carbocycles. The molecule has 0 bridgehead atoms. The van der Waals surface area contributed by atoms with Crippen molar-refractivity contribution < 1.29 is 12.4 Å². The second kappa shape index (κ2) is 21.4. The summed E-state index contributed by atoms with van der Waals surface area (Å²) in [6.45, 7) is 6.14. The summed E-state index contributed by atoms with van der Waals surface area (Å²) in [6.07, 6.45) is 16.9. The first kappa shape index (κ1) is 22.3. The third-order valence-electron chi connectivity index (χ3n) is 2.85. The minimum Gasteiger partial charge on any atom is -1.00 e. The average Bonchev–Trinajstić information content (AvgIpc) is 2.21. The number of hydrogen-bond acceptors (Lipinski definition) is 0. The van der Waals surface area contributed by atoms with Crippen molar-refractivity contribution in [3.63, 3.8) is 0 Å². The summed E-state index contributed by atoms with van der Waals surface area (Å²) in [4.78, 5) is 0. The SMILES string of the molecule is [CH2-]CCCCCCCCCCCCC.[Cl-].[Mg+2]. The van der Waals surface area contributed by atoms with E-state index < -0.39 is 0 Å². The van der Waals surface area contributed by atoms with Crippen LogP contribution in [0.25, 0.3) is 0 Å². The fourth-order valence-corrected chi connectivity index (χ4v) is 1.84. The molecule has 0 nitrogen and oxygen atoms in total. The van der Waals surface area contributed by atoms with Crippen molar-refractivity contribution >= 4 is 23.1 Å². The molecule has 16 heavy (non-hydrogen) atoms. The molecule has 0 spiro atoms. The minimum atomic E-state index is 0. The van der Waals surface area contributed by atoms with E-state index in [2.05, 4.69) is 13.8 Å². The van der Waals surface area contributed by atoms with Crippen LogP contribution < -0.4 is 12.4 Å². The molecule has 0 N–H and O–H groups in total. The molecule has 0 aliphatic heterocycles. The van der Waals surface area contributed by atoms with Gasteiger partial charge in [0, 0.05) is 0 Å². The second-order valence-corrected chi connectivity index (χ2v) is 4.39. The van der Waals surface area contributed by atoms with Crippen molar-refractivity contribution in [3.8, 4) is 0 Å². The summed E-state index contributed by atoms with van der Waals surface area (Å²) in [6, 6.07) is 0. The maximum atomic E-state index is 3.86. The van der Waals surface area contributed by atoms with E-state index >= 15 is 0 Å². The first-order chi connectivity index (χ1) is 6.91. The normalized spacial score (nSPS) is 9.38. The Balaban J connectivity index is -0.000000845. The first-order valence-corrected chi connectivity index (χ1v) is 6.71. The van der Waals surface area contributed by atoms with Gasteiger partial charge in [-0.25, -0.2) is 0 Å². The van der Waals surface area contributed by atoms with Gasteiger partial charge in [-0.3, -0.25) is 0 Å². The Morgan fingerprint density at radius 3 is 1.25 bits per heavy atom. The van der Waals surface area contributed by atoms with E-state index in [1.807, 2.05) is 0 Å². The molecule has 0 aromatic heterocycles. The molecule has 0 amide bonds. The zero-order chi connectivity index (χ0) is 10.5. The van der Waals surface area contributed by atoms with Gasteiger partial charge >= 0.3 is 23.1 Å². The van der Waals surface area contributed by atoms with Crippen LogP contribution in [0, 0.1) is 6.92 Å². The quantitative estimate of drug-likeness (QED) is 0.302. The monoisotopic (exact) mass is 256 g/mol. The summed E-state index contributed by atoms with van der Waals surface area (Å²) in [5.74, 6) is 0. The molecular weight excluding hydrogens is 228 g/mol. The van der Waals surface area contributed by atoms with E-state index in [4.69, 9.17) is 0 Å². The van der Waals surface area contributed by atoms with Crippen LogP contribution in [0.4, 0.5) is 0 Å². The van der Waals surface area contributed by atoms with Gasteiger partial charge in [-0.2, -0.15) is 6.42 Å². The van der Waals surface area contributed by atoms with Crippen molar-refractivity contribution in [1.82, 2.24) is 0 Å². The van der Waals surface area contributed by atoms with Crippen molar-refractivity contribution in [2.24, 2.45) is 0 Å². The molecular formula is C14H29ClMg. The van der Waals surface area contributed by atoms with E-state index in [9.17, 15) is 0 Å². The topological polar surface area (TPSA) is 0 Å². The number of halogens is 1. The fourth-order valence-electron chi connectivity index (χ4n) is 1.84. The fraction of sp³-hybridized carbons (Fsp3) is 0.929. The van der Waals surface area contributed by atoms with E-state index in [1.165, 1.54) is 70.6 Å². The molecule has 0 aliphatic rings. The van der Waals surface area contributed by atoms with Crippen molar-refractivity contribution in [1.29, 1.82) is 0 Å². The van der Waals surface area contributed by atoms with Gasteiger partial charge in [0.15, 0.2) is 0 Å². The van der Waals surface area contributed by atoms with Gasteiger partial charge in [0.2, 0.25) is 0 Å². The first-order valence-electron chi connectivity index (χ1n) is 6.71. The predicted octanol–water partition coefficient (Wildman–Crippen LogP) is 2.14. The number of hydrogen-bond donors (Lipinski definition) is 0. The largest absolute Gasteiger partial charge is 2.00 e. The Morgan fingerprint density at radius 1 is 0.625 bits per heavy atom. The van der Waals surface area contributed by atoms with E-state index in [-0.39, 0.29) is 35.5 Å².